The molecule has 21 heavy (non-hydrogen) atoms. The fourth-order valence-corrected chi connectivity index (χ4v) is 2.55. The predicted octanol–water partition coefficient (Wildman–Crippen LogP) is 5.98. The average molecular weight is 427 g/mol. The molecule has 0 fully saturated rings. The van der Waals surface area contributed by atoms with E-state index in [1.807, 2.05) is 0 Å². The smallest absolute Gasteiger partial charge is 0.380 e. The van der Waals surface area contributed by atoms with E-state index >= 15 is 0 Å². The third kappa shape index (κ3) is 3.97. The molecule has 0 spiro atoms. The summed E-state index contributed by atoms with van der Waals surface area (Å²) in [6, 6.07) is 8.26. The molecule has 0 saturated carbocycles. The Kier molecular flexibility index (Phi) is 4.93. The second kappa shape index (κ2) is 6.36. The molecule has 0 aliphatic heterocycles. The summed E-state index contributed by atoms with van der Waals surface area (Å²) in [5.41, 5.74) is -0.294. The lowest BCUT2D eigenvalue weighted by atomic mass is 10.1. The van der Waals surface area contributed by atoms with Crippen LogP contribution in [0.15, 0.2) is 45.3 Å². The van der Waals surface area contributed by atoms with Gasteiger partial charge >= 0.3 is 6.18 Å². The Morgan fingerprint density at radius 1 is 1.05 bits per heavy atom. The standard InChI is InChI=1S/C14H9Br2F4N/c15-9-4-5-12(10(6-9)14(18,19)20)21-7-8-2-1-3-11(17)13(8)16/h1-6,21H,7H2. The van der Waals surface area contributed by atoms with Crippen LogP contribution in [-0.2, 0) is 12.7 Å². The fraction of sp³-hybridized carbons (Fsp3) is 0.143. The molecule has 0 heterocycles. The molecule has 0 unspecified atom stereocenters. The van der Waals surface area contributed by atoms with Gasteiger partial charge in [0.1, 0.15) is 5.82 Å². The lowest BCUT2D eigenvalue weighted by molar-refractivity contribution is -0.137. The first kappa shape index (κ1) is 16.3. The van der Waals surface area contributed by atoms with Gasteiger partial charge in [-0.25, -0.2) is 4.39 Å². The maximum Gasteiger partial charge on any atom is 0.418 e. The minimum absolute atomic E-state index is 0.0538. The van der Waals surface area contributed by atoms with Gasteiger partial charge in [-0.1, -0.05) is 28.1 Å². The number of alkyl halides is 3. The number of hydrogen-bond donors (Lipinski definition) is 1. The lowest BCUT2D eigenvalue weighted by Gasteiger charge is -2.15. The zero-order valence-corrected chi connectivity index (χ0v) is 13.6. The fourth-order valence-electron chi connectivity index (χ4n) is 1.78. The van der Waals surface area contributed by atoms with Crippen LogP contribution in [0.4, 0.5) is 23.2 Å². The molecule has 0 amide bonds. The molecule has 0 atom stereocenters. The van der Waals surface area contributed by atoms with Gasteiger partial charge in [0, 0.05) is 16.7 Å². The van der Waals surface area contributed by atoms with E-state index in [1.54, 1.807) is 6.07 Å². The Labute approximate surface area is 135 Å². The van der Waals surface area contributed by atoms with Crippen molar-refractivity contribution in [2.75, 3.05) is 5.32 Å². The first-order chi connectivity index (χ1) is 9.79. The van der Waals surface area contributed by atoms with E-state index in [4.69, 9.17) is 0 Å². The summed E-state index contributed by atoms with van der Waals surface area (Å²) in [7, 11) is 0. The summed E-state index contributed by atoms with van der Waals surface area (Å²) < 4.78 is 52.8. The lowest BCUT2D eigenvalue weighted by Crippen LogP contribution is -2.11. The van der Waals surface area contributed by atoms with Gasteiger partial charge in [0.05, 0.1) is 10.0 Å². The van der Waals surface area contributed by atoms with Crippen molar-refractivity contribution in [1.29, 1.82) is 0 Å². The molecule has 0 aliphatic rings. The zero-order valence-electron chi connectivity index (χ0n) is 10.4. The largest absolute Gasteiger partial charge is 0.418 e. The number of nitrogens with one attached hydrogen (secondary N) is 1. The van der Waals surface area contributed by atoms with Gasteiger partial charge in [-0.05, 0) is 45.8 Å². The van der Waals surface area contributed by atoms with Crippen LogP contribution in [0.3, 0.4) is 0 Å². The highest BCUT2D eigenvalue weighted by Gasteiger charge is 2.33. The molecule has 1 N–H and O–H groups in total. The van der Waals surface area contributed by atoms with Gasteiger partial charge in [0.25, 0.3) is 0 Å². The van der Waals surface area contributed by atoms with E-state index in [0.717, 1.165) is 6.07 Å². The zero-order chi connectivity index (χ0) is 15.6. The van der Waals surface area contributed by atoms with Crippen LogP contribution < -0.4 is 5.32 Å². The van der Waals surface area contributed by atoms with E-state index in [0.29, 0.717) is 10.0 Å². The maximum absolute atomic E-state index is 13.4. The second-order valence-electron chi connectivity index (χ2n) is 4.25. The van der Waals surface area contributed by atoms with E-state index in [-0.39, 0.29) is 16.7 Å². The van der Waals surface area contributed by atoms with Gasteiger partial charge < -0.3 is 5.32 Å². The molecule has 0 aromatic heterocycles. The molecule has 2 rings (SSSR count). The predicted molar refractivity (Wildman–Crippen MR) is 80.6 cm³/mol. The van der Waals surface area contributed by atoms with Crippen molar-refractivity contribution in [1.82, 2.24) is 0 Å². The number of halogens is 6. The molecule has 2 aromatic rings. The van der Waals surface area contributed by atoms with E-state index < -0.39 is 17.6 Å². The molecule has 0 saturated heterocycles. The van der Waals surface area contributed by atoms with Gasteiger partial charge in [-0.15, -0.1) is 0 Å². The first-order valence-electron chi connectivity index (χ1n) is 5.82. The minimum atomic E-state index is -4.47. The molecule has 1 nitrogen and oxygen atoms in total. The summed E-state index contributed by atoms with van der Waals surface area (Å²) in [5, 5.41) is 2.69. The summed E-state index contributed by atoms with van der Waals surface area (Å²) in [6.45, 7) is 0.0725. The van der Waals surface area contributed by atoms with E-state index in [9.17, 15) is 17.6 Å². The van der Waals surface area contributed by atoms with Gasteiger partial charge in [-0.2, -0.15) is 13.2 Å². The highest BCUT2D eigenvalue weighted by atomic mass is 79.9. The van der Waals surface area contributed by atoms with Crippen LogP contribution in [0.25, 0.3) is 0 Å². The monoisotopic (exact) mass is 425 g/mol. The molecular weight excluding hydrogens is 418 g/mol. The summed E-state index contributed by atoms with van der Waals surface area (Å²) in [5.74, 6) is -0.457. The Hall–Kier alpha value is -1.08. The highest BCUT2D eigenvalue weighted by molar-refractivity contribution is 9.10. The molecule has 0 radical (unpaired) electrons. The van der Waals surface area contributed by atoms with Crippen molar-refractivity contribution in [2.24, 2.45) is 0 Å². The van der Waals surface area contributed by atoms with Crippen LogP contribution in [0.5, 0.6) is 0 Å². The van der Waals surface area contributed by atoms with E-state index in [1.165, 1.54) is 24.3 Å². The Balaban J connectivity index is 2.26. The third-order valence-electron chi connectivity index (χ3n) is 2.79. The van der Waals surface area contributed by atoms with Crippen LogP contribution in [0.1, 0.15) is 11.1 Å². The third-order valence-corrected chi connectivity index (χ3v) is 4.17. The van der Waals surface area contributed by atoms with Gasteiger partial charge in [0.15, 0.2) is 0 Å². The van der Waals surface area contributed by atoms with Crippen molar-refractivity contribution in [3.8, 4) is 0 Å². The van der Waals surface area contributed by atoms with Crippen molar-refractivity contribution in [3.63, 3.8) is 0 Å². The molecular formula is C14H9Br2F4N. The van der Waals surface area contributed by atoms with Crippen LogP contribution in [-0.4, -0.2) is 0 Å². The quantitative estimate of drug-likeness (QED) is 0.595. The van der Waals surface area contributed by atoms with Crippen LogP contribution >= 0.6 is 31.9 Å². The normalized spacial score (nSPS) is 11.5. The Morgan fingerprint density at radius 3 is 2.43 bits per heavy atom. The molecule has 0 bridgehead atoms. The van der Waals surface area contributed by atoms with Crippen molar-refractivity contribution in [3.05, 3.63) is 62.3 Å². The first-order valence-corrected chi connectivity index (χ1v) is 7.41. The maximum atomic E-state index is 13.4. The second-order valence-corrected chi connectivity index (χ2v) is 5.96. The number of hydrogen-bond acceptors (Lipinski definition) is 1. The average Bonchev–Trinajstić information content (AvgIpc) is 2.40. The molecule has 7 heteroatoms. The van der Waals surface area contributed by atoms with Gasteiger partial charge in [-0.3, -0.25) is 0 Å². The van der Waals surface area contributed by atoms with Crippen molar-refractivity contribution < 1.29 is 17.6 Å². The van der Waals surface area contributed by atoms with Crippen LogP contribution in [0.2, 0.25) is 0 Å². The summed E-state index contributed by atoms with van der Waals surface area (Å²) >= 11 is 6.10. The Bertz CT molecular complexity index is 656. The SMILES string of the molecule is Fc1cccc(CNc2ccc(Br)cc2C(F)(F)F)c1Br. The van der Waals surface area contributed by atoms with Crippen molar-refractivity contribution in [2.45, 2.75) is 12.7 Å². The number of benzene rings is 2. The van der Waals surface area contributed by atoms with Crippen LogP contribution in [0, 0.1) is 5.82 Å². The summed E-state index contributed by atoms with van der Waals surface area (Å²) in [4.78, 5) is 0. The highest BCUT2D eigenvalue weighted by Crippen LogP contribution is 2.37. The van der Waals surface area contributed by atoms with Gasteiger partial charge in [0.2, 0.25) is 0 Å². The minimum Gasteiger partial charge on any atom is -0.380 e. The topological polar surface area (TPSA) is 12.0 Å². The van der Waals surface area contributed by atoms with Crippen molar-refractivity contribution >= 4 is 37.5 Å². The molecule has 112 valence electrons. The summed E-state index contributed by atoms with van der Waals surface area (Å²) in [6.07, 6.45) is -4.47. The molecule has 2 aromatic carbocycles. The number of rotatable bonds is 3. The number of anilines is 1. The molecule has 0 aliphatic carbocycles. The van der Waals surface area contributed by atoms with E-state index in [2.05, 4.69) is 37.2 Å². The Morgan fingerprint density at radius 2 is 1.76 bits per heavy atom.